The molecule has 0 radical (unpaired) electrons. The first-order valence-corrected chi connectivity index (χ1v) is 9.42. The van der Waals surface area contributed by atoms with Crippen molar-refractivity contribution >= 4 is 21.7 Å². The lowest BCUT2D eigenvalue weighted by molar-refractivity contribution is -0.136. The van der Waals surface area contributed by atoms with Crippen molar-refractivity contribution < 1.29 is 22.7 Å². The van der Waals surface area contributed by atoms with Crippen molar-refractivity contribution in [1.29, 1.82) is 0 Å². The van der Waals surface area contributed by atoms with Gasteiger partial charge in [0.15, 0.2) is 16.4 Å². The van der Waals surface area contributed by atoms with Crippen molar-refractivity contribution in [3.05, 3.63) is 29.8 Å². The first-order valence-electron chi connectivity index (χ1n) is 7.53. The summed E-state index contributed by atoms with van der Waals surface area (Å²) >= 11 is 0. The summed E-state index contributed by atoms with van der Waals surface area (Å²) in [4.78, 5) is 25.8. The molecule has 1 aromatic carbocycles. The van der Waals surface area contributed by atoms with Crippen LogP contribution >= 0.6 is 0 Å². The first kappa shape index (κ1) is 17.5. The van der Waals surface area contributed by atoms with E-state index in [0.717, 1.165) is 19.1 Å². The molecule has 0 spiro atoms. The highest BCUT2D eigenvalue weighted by molar-refractivity contribution is 7.90. The highest BCUT2D eigenvalue weighted by Gasteiger charge is 2.24. The molecule has 0 bridgehead atoms. The number of amides is 1. The van der Waals surface area contributed by atoms with Crippen LogP contribution in [-0.2, 0) is 19.4 Å². The molecule has 1 atom stereocenters. The van der Waals surface area contributed by atoms with E-state index < -0.39 is 15.8 Å². The molecule has 126 valence electrons. The lowest BCUT2D eigenvalue weighted by Crippen LogP contribution is -2.41. The fraction of sp³-hybridized carbons (Fsp3) is 0.500. The maximum Gasteiger partial charge on any atom is 0.339 e. The number of nitrogens with zero attached hydrogens (tertiary/aromatic N) is 1. The van der Waals surface area contributed by atoms with Gasteiger partial charge in [-0.25, -0.2) is 13.2 Å². The van der Waals surface area contributed by atoms with E-state index in [-0.39, 0.29) is 23.0 Å². The molecule has 1 aromatic rings. The third-order valence-corrected chi connectivity index (χ3v) is 5.00. The number of esters is 1. The summed E-state index contributed by atoms with van der Waals surface area (Å²) in [6.45, 7) is 3.04. The molecule has 7 heteroatoms. The van der Waals surface area contributed by atoms with Gasteiger partial charge in [-0.3, -0.25) is 4.79 Å². The molecule has 1 aliphatic rings. The largest absolute Gasteiger partial charge is 0.452 e. The topological polar surface area (TPSA) is 80.8 Å². The van der Waals surface area contributed by atoms with Gasteiger partial charge in [0.25, 0.3) is 5.91 Å². The monoisotopic (exact) mass is 339 g/mol. The summed E-state index contributed by atoms with van der Waals surface area (Å²) < 4.78 is 28.4. The molecule has 1 fully saturated rings. The smallest absolute Gasteiger partial charge is 0.339 e. The summed E-state index contributed by atoms with van der Waals surface area (Å²) in [6.07, 6.45) is 3.06. The van der Waals surface area contributed by atoms with Crippen LogP contribution in [-0.4, -0.2) is 51.1 Å². The number of hydrogen-bond donors (Lipinski definition) is 0. The van der Waals surface area contributed by atoms with Gasteiger partial charge >= 0.3 is 5.97 Å². The Morgan fingerprint density at radius 3 is 2.65 bits per heavy atom. The van der Waals surface area contributed by atoms with Crippen LogP contribution in [0, 0.1) is 5.92 Å². The van der Waals surface area contributed by atoms with E-state index in [1.807, 2.05) is 0 Å². The number of hydrogen-bond acceptors (Lipinski definition) is 5. The second-order valence-corrected chi connectivity index (χ2v) is 7.92. The molecule has 0 saturated carbocycles. The molecular weight excluding hydrogens is 318 g/mol. The molecule has 2 rings (SSSR count). The number of benzene rings is 1. The van der Waals surface area contributed by atoms with Crippen molar-refractivity contribution in [2.45, 2.75) is 24.7 Å². The third-order valence-electron chi connectivity index (χ3n) is 3.84. The predicted octanol–water partition coefficient (Wildman–Crippen LogP) is 1.51. The molecule has 23 heavy (non-hydrogen) atoms. The van der Waals surface area contributed by atoms with Crippen LogP contribution in [0.1, 0.15) is 30.1 Å². The lowest BCUT2D eigenvalue weighted by Gasteiger charge is -2.30. The molecule has 1 aliphatic heterocycles. The molecule has 0 aromatic heterocycles. The Bertz CT molecular complexity index is 698. The van der Waals surface area contributed by atoms with Gasteiger partial charge in [-0.05, 0) is 30.9 Å². The molecule has 6 nitrogen and oxygen atoms in total. The third kappa shape index (κ3) is 4.54. The Kier molecular flexibility index (Phi) is 5.41. The summed E-state index contributed by atoms with van der Waals surface area (Å²) in [5, 5.41) is 0. The second-order valence-electron chi connectivity index (χ2n) is 5.93. The summed E-state index contributed by atoms with van der Waals surface area (Å²) in [5.74, 6) is -0.611. The summed E-state index contributed by atoms with van der Waals surface area (Å²) in [6, 6.07) is 5.82. The van der Waals surface area contributed by atoms with Crippen LogP contribution in [0.25, 0.3) is 0 Å². The highest BCUT2D eigenvalue weighted by atomic mass is 32.2. The number of ether oxygens (including phenoxy) is 1. The van der Waals surface area contributed by atoms with Gasteiger partial charge in [0.1, 0.15) is 0 Å². The Hall–Kier alpha value is -1.89. The minimum atomic E-state index is -3.54. The van der Waals surface area contributed by atoms with Crippen molar-refractivity contribution in [1.82, 2.24) is 4.90 Å². The molecule has 0 aliphatic carbocycles. The fourth-order valence-corrected chi connectivity index (χ4v) is 3.55. The zero-order chi connectivity index (χ0) is 17.0. The standard InChI is InChI=1S/C16H21NO5S/c1-12-6-5-9-17(10-12)15(18)11-22-16(19)13-7-3-4-8-14(13)23(2,20)21/h3-4,7-8,12H,5-6,9-11H2,1-2H3/t12-/m0/s1. The van der Waals surface area contributed by atoms with Gasteiger partial charge < -0.3 is 9.64 Å². The van der Waals surface area contributed by atoms with Crippen LogP contribution in [0.2, 0.25) is 0 Å². The second kappa shape index (κ2) is 7.12. The van der Waals surface area contributed by atoms with Gasteiger partial charge in [0.05, 0.1) is 10.5 Å². The minimum Gasteiger partial charge on any atom is -0.452 e. The predicted molar refractivity (Wildman–Crippen MR) is 84.8 cm³/mol. The van der Waals surface area contributed by atoms with E-state index in [9.17, 15) is 18.0 Å². The molecule has 0 unspecified atom stereocenters. The number of sulfone groups is 1. The average molecular weight is 339 g/mol. The van der Waals surface area contributed by atoms with Gasteiger partial charge in [-0.1, -0.05) is 19.1 Å². The Labute approximate surface area is 136 Å². The van der Waals surface area contributed by atoms with Crippen molar-refractivity contribution in [3.63, 3.8) is 0 Å². The molecule has 1 heterocycles. The number of piperidine rings is 1. The Morgan fingerprint density at radius 2 is 2.00 bits per heavy atom. The van der Waals surface area contributed by atoms with E-state index >= 15 is 0 Å². The normalized spacial score (nSPS) is 18.5. The molecule has 0 N–H and O–H groups in total. The van der Waals surface area contributed by atoms with Crippen molar-refractivity contribution in [2.24, 2.45) is 5.92 Å². The van der Waals surface area contributed by atoms with Crippen LogP contribution in [0.5, 0.6) is 0 Å². The maximum absolute atomic E-state index is 12.1. The van der Waals surface area contributed by atoms with Crippen molar-refractivity contribution in [3.8, 4) is 0 Å². The van der Waals surface area contributed by atoms with E-state index in [2.05, 4.69) is 6.92 Å². The molecular formula is C16H21NO5S. The van der Waals surface area contributed by atoms with E-state index in [1.54, 1.807) is 11.0 Å². The van der Waals surface area contributed by atoms with E-state index in [0.29, 0.717) is 19.0 Å². The molecule has 1 saturated heterocycles. The lowest BCUT2D eigenvalue weighted by atomic mass is 10.0. The Balaban J connectivity index is 2.02. The summed E-state index contributed by atoms with van der Waals surface area (Å²) in [7, 11) is -3.54. The van der Waals surface area contributed by atoms with E-state index in [4.69, 9.17) is 4.74 Å². The quantitative estimate of drug-likeness (QED) is 0.777. The van der Waals surface area contributed by atoms with Gasteiger partial charge in [-0.15, -0.1) is 0 Å². The van der Waals surface area contributed by atoms with Gasteiger partial charge in [0, 0.05) is 19.3 Å². The number of carbonyl (C=O) groups excluding carboxylic acids is 2. The highest BCUT2D eigenvalue weighted by Crippen LogP contribution is 2.17. The van der Waals surface area contributed by atoms with Gasteiger partial charge in [0.2, 0.25) is 0 Å². The van der Waals surface area contributed by atoms with Crippen LogP contribution < -0.4 is 0 Å². The van der Waals surface area contributed by atoms with Crippen LogP contribution in [0.15, 0.2) is 29.2 Å². The van der Waals surface area contributed by atoms with Gasteiger partial charge in [-0.2, -0.15) is 0 Å². The van der Waals surface area contributed by atoms with Crippen molar-refractivity contribution in [2.75, 3.05) is 26.0 Å². The SMILES string of the molecule is C[C@H]1CCCN(C(=O)COC(=O)c2ccccc2S(C)(=O)=O)C1. The Morgan fingerprint density at radius 1 is 1.30 bits per heavy atom. The van der Waals surface area contributed by atoms with Crippen LogP contribution in [0.4, 0.5) is 0 Å². The average Bonchev–Trinajstić information content (AvgIpc) is 2.51. The maximum atomic E-state index is 12.1. The summed E-state index contributed by atoms with van der Waals surface area (Å²) in [5.41, 5.74) is -0.0465. The van der Waals surface area contributed by atoms with E-state index in [1.165, 1.54) is 18.2 Å². The zero-order valence-corrected chi connectivity index (χ0v) is 14.1. The molecule has 1 amide bonds. The zero-order valence-electron chi connectivity index (χ0n) is 13.3. The number of rotatable bonds is 4. The fourth-order valence-electron chi connectivity index (χ4n) is 2.67. The minimum absolute atomic E-state index is 0.0465. The first-order chi connectivity index (χ1) is 10.8. The van der Waals surface area contributed by atoms with Crippen LogP contribution in [0.3, 0.4) is 0 Å². The number of carbonyl (C=O) groups is 2. The number of likely N-dealkylation sites (tertiary alicyclic amines) is 1.